The number of hydrogen-bond donors (Lipinski definition) is 0. The first-order valence-electron chi connectivity index (χ1n) is 5.63. The Labute approximate surface area is 96.1 Å². The maximum Gasteiger partial charge on any atom is 0.165 e. The summed E-state index contributed by atoms with van der Waals surface area (Å²) >= 11 is 0. The molecule has 82 valence electrons. The van der Waals surface area contributed by atoms with Gasteiger partial charge in [-0.05, 0) is 29.3 Å². The van der Waals surface area contributed by atoms with Gasteiger partial charge in [-0.3, -0.25) is 4.79 Å². The van der Waals surface area contributed by atoms with Crippen molar-refractivity contribution in [2.75, 3.05) is 0 Å². The van der Waals surface area contributed by atoms with Crippen molar-refractivity contribution in [2.45, 2.75) is 20.8 Å². The first kappa shape index (κ1) is 10.9. The number of aryl methyl sites for hydroxylation is 1. The van der Waals surface area contributed by atoms with E-state index in [4.69, 9.17) is 0 Å². The Morgan fingerprint density at radius 3 is 2.56 bits per heavy atom. The molecule has 0 spiro atoms. The van der Waals surface area contributed by atoms with Crippen LogP contribution in [0, 0.1) is 12.8 Å². The minimum atomic E-state index is 0.0569. The van der Waals surface area contributed by atoms with Crippen LogP contribution in [-0.4, -0.2) is 5.78 Å². The number of fused-ring (bicyclic) bond motifs is 1. The summed E-state index contributed by atoms with van der Waals surface area (Å²) in [4.78, 5) is 11.9. The van der Waals surface area contributed by atoms with E-state index in [9.17, 15) is 4.79 Å². The third-order valence-corrected chi connectivity index (χ3v) is 2.91. The predicted octanol–water partition coefficient (Wildman–Crippen LogP) is 3.99. The van der Waals surface area contributed by atoms with Crippen molar-refractivity contribution in [2.24, 2.45) is 5.92 Å². The average molecular weight is 212 g/mol. The van der Waals surface area contributed by atoms with Gasteiger partial charge in [0.15, 0.2) is 5.78 Å². The van der Waals surface area contributed by atoms with E-state index in [0.29, 0.717) is 0 Å². The van der Waals surface area contributed by atoms with Crippen LogP contribution in [0.25, 0.3) is 10.8 Å². The zero-order valence-electron chi connectivity index (χ0n) is 9.95. The molecule has 0 aliphatic carbocycles. The fraction of sp³-hybridized carbons (Fsp3) is 0.267. The number of carbonyl (C=O) groups excluding carboxylic acids is 1. The van der Waals surface area contributed by atoms with E-state index in [-0.39, 0.29) is 11.7 Å². The molecule has 2 aromatic rings. The lowest BCUT2D eigenvalue weighted by atomic mass is 9.96. The molecule has 0 unspecified atom stereocenters. The molecule has 0 radical (unpaired) electrons. The maximum absolute atomic E-state index is 11.9. The van der Waals surface area contributed by atoms with Crippen LogP contribution in [0.15, 0.2) is 36.4 Å². The molecular formula is C15H16O. The summed E-state index contributed by atoms with van der Waals surface area (Å²) < 4.78 is 0. The summed E-state index contributed by atoms with van der Waals surface area (Å²) in [6.45, 7) is 5.95. The second-order valence-electron chi connectivity index (χ2n) is 4.53. The lowest BCUT2D eigenvalue weighted by molar-refractivity contribution is 0.0939. The number of hydrogen-bond acceptors (Lipinski definition) is 1. The van der Waals surface area contributed by atoms with Crippen LogP contribution in [0.5, 0.6) is 0 Å². The van der Waals surface area contributed by atoms with E-state index in [1.807, 2.05) is 38.1 Å². The summed E-state index contributed by atoms with van der Waals surface area (Å²) in [5, 5.41) is 2.37. The average Bonchev–Trinajstić information content (AvgIpc) is 2.28. The van der Waals surface area contributed by atoms with Crippen LogP contribution in [0.2, 0.25) is 0 Å². The van der Waals surface area contributed by atoms with Crippen LogP contribution in [-0.2, 0) is 0 Å². The molecule has 2 rings (SSSR count). The lowest BCUT2D eigenvalue weighted by Crippen LogP contribution is -2.07. The number of ketones is 1. The summed E-state index contributed by atoms with van der Waals surface area (Å²) in [6.07, 6.45) is 0. The largest absolute Gasteiger partial charge is 0.294 e. The SMILES string of the molecule is Cc1cccc2ccc(C(=O)C(C)C)cc12. The van der Waals surface area contributed by atoms with E-state index in [0.717, 1.165) is 5.56 Å². The molecular weight excluding hydrogens is 196 g/mol. The van der Waals surface area contributed by atoms with E-state index < -0.39 is 0 Å². The third kappa shape index (κ3) is 1.85. The van der Waals surface area contributed by atoms with Gasteiger partial charge in [0.25, 0.3) is 0 Å². The number of Topliss-reactive ketones (excluding diaryl/α,β-unsaturated/α-hetero) is 1. The predicted molar refractivity (Wildman–Crippen MR) is 67.9 cm³/mol. The van der Waals surface area contributed by atoms with Crippen molar-refractivity contribution in [3.63, 3.8) is 0 Å². The normalized spacial score (nSPS) is 11.0. The molecule has 16 heavy (non-hydrogen) atoms. The molecule has 1 nitrogen and oxygen atoms in total. The molecule has 0 aliphatic rings. The van der Waals surface area contributed by atoms with Crippen molar-refractivity contribution >= 4 is 16.6 Å². The molecule has 0 amide bonds. The zero-order chi connectivity index (χ0) is 11.7. The highest BCUT2D eigenvalue weighted by atomic mass is 16.1. The quantitative estimate of drug-likeness (QED) is 0.688. The molecule has 0 aromatic heterocycles. The molecule has 0 fully saturated rings. The summed E-state index contributed by atoms with van der Waals surface area (Å²) in [6, 6.07) is 12.1. The Morgan fingerprint density at radius 2 is 1.88 bits per heavy atom. The lowest BCUT2D eigenvalue weighted by Gasteiger charge is -2.07. The molecule has 2 aromatic carbocycles. The molecule has 0 aliphatic heterocycles. The Balaban J connectivity index is 2.59. The Kier molecular flexibility index (Phi) is 2.78. The van der Waals surface area contributed by atoms with Crippen LogP contribution in [0.4, 0.5) is 0 Å². The van der Waals surface area contributed by atoms with Gasteiger partial charge in [0.1, 0.15) is 0 Å². The first-order chi connectivity index (χ1) is 7.59. The molecule has 0 bridgehead atoms. The highest BCUT2D eigenvalue weighted by molar-refractivity contribution is 6.01. The monoisotopic (exact) mass is 212 g/mol. The topological polar surface area (TPSA) is 17.1 Å². The number of benzene rings is 2. The fourth-order valence-corrected chi connectivity index (χ4v) is 1.92. The van der Waals surface area contributed by atoms with Crippen molar-refractivity contribution in [1.82, 2.24) is 0 Å². The molecule has 0 atom stereocenters. The van der Waals surface area contributed by atoms with Gasteiger partial charge in [0.05, 0.1) is 0 Å². The number of rotatable bonds is 2. The van der Waals surface area contributed by atoms with Crippen molar-refractivity contribution in [1.29, 1.82) is 0 Å². The van der Waals surface area contributed by atoms with Crippen LogP contribution in [0.3, 0.4) is 0 Å². The van der Waals surface area contributed by atoms with Crippen LogP contribution >= 0.6 is 0 Å². The maximum atomic E-state index is 11.9. The molecule has 0 N–H and O–H groups in total. The minimum absolute atomic E-state index is 0.0569. The van der Waals surface area contributed by atoms with E-state index in [1.165, 1.54) is 16.3 Å². The number of carbonyl (C=O) groups is 1. The second kappa shape index (κ2) is 4.09. The standard InChI is InChI=1S/C15H16O/c1-10(2)15(16)13-8-7-12-6-4-5-11(3)14(12)9-13/h4-10H,1-3H3. The van der Waals surface area contributed by atoms with E-state index in [2.05, 4.69) is 19.1 Å². The molecule has 0 saturated carbocycles. The third-order valence-electron chi connectivity index (χ3n) is 2.91. The summed E-state index contributed by atoms with van der Waals surface area (Å²) in [5.74, 6) is 0.270. The first-order valence-corrected chi connectivity index (χ1v) is 5.63. The van der Waals surface area contributed by atoms with Gasteiger partial charge >= 0.3 is 0 Å². The van der Waals surface area contributed by atoms with Gasteiger partial charge in [-0.1, -0.05) is 44.2 Å². The van der Waals surface area contributed by atoms with Gasteiger partial charge in [-0.2, -0.15) is 0 Å². The Hall–Kier alpha value is -1.63. The Bertz CT molecular complexity index is 538. The van der Waals surface area contributed by atoms with Gasteiger partial charge in [-0.15, -0.1) is 0 Å². The molecule has 1 heteroatoms. The van der Waals surface area contributed by atoms with Crippen LogP contribution < -0.4 is 0 Å². The minimum Gasteiger partial charge on any atom is -0.294 e. The highest BCUT2D eigenvalue weighted by Crippen LogP contribution is 2.21. The van der Waals surface area contributed by atoms with Gasteiger partial charge in [0, 0.05) is 11.5 Å². The van der Waals surface area contributed by atoms with E-state index in [1.54, 1.807) is 0 Å². The fourth-order valence-electron chi connectivity index (χ4n) is 1.92. The van der Waals surface area contributed by atoms with Gasteiger partial charge < -0.3 is 0 Å². The Morgan fingerprint density at radius 1 is 1.12 bits per heavy atom. The summed E-state index contributed by atoms with van der Waals surface area (Å²) in [5.41, 5.74) is 2.03. The van der Waals surface area contributed by atoms with Crippen molar-refractivity contribution < 1.29 is 4.79 Å². The van der Waals surface area contributed by atoms with E-state index >= 15 is 0 Å². The van der Waals surface area contributed by atoms with Gasteiger partial charge in [0.2, 0.25) is 0 Å². The summed E-state index contributed by atoms with van der Waals surface area (Å²) in [7, 11) is 0. The molecule has 0 heterocycles. The van der Waals surface area contributed by atoms with Gasteiger partial charge in [-0.25, -0.2) is 0 Å². The smallest absolute Gasteiger partial charge is 0.165 e. The highest BCUT2D eigenvalue weighted by Gasteiger charge is 2.10. The zero-order valence-corrected chi connectivity index (χ0v) is 9.95. The van der Waals surface area contributed by atoms with Crippen molar-refractivity contribution in [3.8, 4) is 0 Å². The van der Waals surface area contributed by atoms with Crippen molar-refractivity contribution in [3.05, 3.63) is 47.5 Å². The van der Waals surface area contributed by atoms with Crippen LogP contribution in [0.1, 0.15) is 29.8 Å². The second-order valence-corrected chi connectivity index (χ2v) is 4.53. The molecule has 0 saturated heterocycles.